The first kappa shape index (κ1) is 22.6. The Morgan fingerprint density at radius 2 is 1.67 bits per heavy atom. The second kappa shape index (κ2) is 10.2. The van der Waals surface area contributed by atoms with E-state index >= 15 is 0 Å². The van der Waals surface area contributed by atoms with Crippen LogP contribution in [0, 0.1) is 0 Å². The summed E-state index contributed by atoms with van der Waals surface area (Å²) < 4.78 is 41.8. The van der Waals surface area contributed by atoms with Crippen LogP contribution in [0.2, 0.25) is 0 Å². The van der Waals surface area contributed by atoms with Crippen molar-refractivity contribution in [1.82, 2.24) is 14.7 Å². The van der Waals surface area contributed by atoms with Crippen LogP contribution in [-0.4, -0.2) is 51.2 Å². The topological polar surface area (TPSA) is 146 Å². The second-order valence-corrected chi connectivity index (χ2v) is 7.13. The third kappa shape index (κ3) is 6.17. The van der Waals surface area contributed by atoms with Crippen LogP contribution in [0.5, 0.6) is 11.8 Å². The van der Waals surface area contributed by atoms with E-state index in [1.54, 1.807) is 35.1 Å². The fourth-order valence-corrected chi connectivity index (χ4v) is 3.10. The number of anilines is 1. The highest BCUT2D eigenvalue weighted by Crippen LogP contribution is 2.18. The van der Waals surface area contributed by atoms with Gasteiger partial charge in [-0.2, -0.15) is 9.97 Å². The van der Waals surface area contributed by atoms with E-state index < -0.39 is 26.9 Å². The van der Waals surface area contributed by atoms with Gasteiger partial charge in [-0.1, -0.05) is 30.3 Å². The number of hydrogen-bond acceptors (Lipinski definition) is 9. The first-order valence-corrected chi connectivity index (χ1v) is 10.0. The smallest absolute Gasteiger partial charge is 0.351 e. The zero-order valence-electron chi connectivity index (χ0n) is 16.4. The van der Waals surface area contributed by atoms with Crippen molar-refractivity contribution < 1.29 is 32.2 Å². The quantitative estimate of drug-likeness (QED) is 0.465. The maximum Gasteiger partial charge on any atom is 0.351 e. The summed E-state index contributed by atoms with van der Waals surface area (Å²) in [6.45, 7) is 1.47. The average molecular weight is 436 g/mol. The number of sulfonamides is 1. The van der Waals surface area contributed by atoms with Crippen LogP contribution >= 0.6 is 0 Å². The number of methoxy groups -OCH3 is 2. The number of nitrogens with one attached hydrogen (secondary N) is 2. The van der Waals surface area contributed by atoms with E-state index in [2.05, 4.69) is 15.3 Å². The van der Waals surface area contributed by atoms with Crippen molar-refractivity contribution in [2.24, 2.45) is 0 Å². The molecule has 0 aliphatic rings. The molecule has 0 aliphatic carbocycles. The maximum absolute atomic E-state index is 12.7. The number of ether oxygens (including phenoxy) is 3. The van der Waals surface area contributed by atoms with E-state index in [0.717, 1.165) is 6.08 Å². The van der Waals surface area contributed by atoms with E-state index in [0.29, 0.717) is 5.56 Å². The van der Waals surface area contributed by atoms with E-state index in [4.69, 9.17) is 14.2 Å². The minimum absolute atomic E-state index is 0.0515. The minimum atomic E-state index is -4.59. The van der Waals surface area contributed by atoms with E-state index in [1.807, 2.05) is 0 Å². The predicted molar refractivity (Wildman–Crippen MR) is 107 cm³/mol. The van der Waals surface area contributed by atoms with Crippen molar-refractivity contribution in [2.45, 2.75) is 6.92 Å². The molecule has 0 saturated heterocycles. The summed E-state index contributed by atoms with van der Waals surface area (Å²) in [5.41, 5.74) is 0.423. The Balaban J connectivity index is 2.28. The molecule has 2 aromatic rings. The normalized spacial score (nSPS) is 11.4. The van der Waals surface area contributed by atoms with Crippen molar-refractivity contribution in [3.8, 4) is 11.8 Å². The van der Waals surface area contributed by atoms with E-state index in [-0.39, 0.29) is 24.3 Å². The molecule has 1 aromatic heterocycles. The number of nitrogens with zero attached hydrogens (tertiary/aromatic N) is 2. The van der Waals surface area contributed by atoms with Gasteiger partial charge in [-0.3, -0.25) is 5.32 Å². The third-order valence-electron chi connectivity index (χ3n) is 3.41. The number of esters is 1. The zero-order chi connectivity index (χ0) is 22.1. The van der Waals surface area contributed by atoms with Gasteiger partial charge in [0.25, 0.3) is 10.0 Å². The van der Waals surface area contributed by atoms with Gasteiger partial charge in [0.2, 0.25) is 17.7 Å². The largest absolute Gasteiger partial charge is 0.481 e. The highest BCUT2D eigenvalue weighted by atomic mass is 32.2. The maximum atomic E-state index is 12.7. The molecule has 2 amide bonds. The van der Waals surface area contributed by atoms with Crippen molar-refractivity contribution in [1.29, 1.82) is 0 Å². The fraction of sp³-hybridized carbons (Fsp3) is 0.222. The minimum Gasteiger partial charge on any atom is -0.481 e. The Kier molecular flexibility index (Phi) is 7.69. The summed E-state index contributed by atoms with van der Waals surface area (Å²) in [7, 11) is -1.90. The average Bonchev–Trinajstić information content (AvgIpc) is 2.71. The monoisotopic (exact) mass is 436 g/mol. The predicted octanol–water partition coefficient (Wildman–Crippen LogP) is 1.55. The first-order valence-electron chi connectivity index (χ1n) is 8.53. The lowest BCUT2D eigenvalue weighted by Gasteiger charge is -2.11. The molecule has 160 valence electrons. The Hall–Kier alpha value is -3.67. The van der Waals surface area contributed by atoms with Crippen LogP contribution in [0.4, 0.5) is 10.7 Å². The van der Waals surface area contributed by atoms with Gasteiger partial charge in [-0.15, -0.1) is 0 Å². The second-order valence-electron chi connectivity index (χ2n) is 5.48. The number of hydrogen-bond donors (Lipinski definition) is 2. The van der Waals surface area contributed by atoms with Crippen molar-refractivity contribution >= 4 is 34.0 Å². The SMILES string of the molecule is CCOC(=O)C(=Cc1ccccc1)S(=O)(=O)NC(=O)Nc1nc(OC)cc(OC)n1. The molecule has 1 heterocycles. The van der Waals surface area contributed by atoms with Gasteiger partial charge in [-0.05, 0) is 18.6 Å². The van der Waals surface area contributed by atoms with E-state index in [9.17, 15) is 18.0 Å². The Morgan fingerprint density at radius 3 is 2.20 bits per heavy atom. The number of rotatable bonds is 8. The number of benzene rings is 1. The molecule has 12 heteroatoms. The molecular weight excluding hydrogens is 416 g/mol. The van der Waals surface area contributed by atoms with Crippen molar-refractivity contribution in [3.05, 3.63) is 46.9 Å². The zero-order valence-corrected chi connectivity index (χ0v) is 17.2. The lowest BCUT2D eigenvalue weighted by Crippen LogP contribution is -2.37. The highest BCUT2D eigenvalue weighted by molar-refractivity contribution is 7.95. The van der Waals surface area contributed by atoms with Crippen LogP contribution in [0.3, 0.4) is 0 Å². The molecule has 30 heavy (non-hydrogen) atoms. The number of carbonyl (C=O) groups is 2. The Bertz CT molecular complexity index is 1020. The number of carbonyl (C=O) groups excluding carboxylic acids is 2. The molecule has 0 radical (unpaired) electrons. The van der Waals surface area contributed by atoms with Gasteiger partial charge in [0.1, 0.15) is 0 Å². The summed E-state index contributed by atoms with van der Waals surface area (Å²) in [6, 6.07) is 8.39. The van der Waals surface area contributed by atoms with Gasteiger partial charge >= 0.3 is 12.0 Å². The lowest BCUT2D eigenvalue weighted by atomic mass is 10.2. The summed E-state index contributed by atoms with van der Waals surface area (Å²) in [5, 5.41) is 2.15. The summed E-state index contributed by atoms with van der Waals surface area (Å²) in [6.07, 6.45) is 1.10. The molecule has 11 nitrogen and oxygen atoms in total. The first-order chi connectivity index (χ1) is 14.3. The number of aromatic nitrogens is 2. The molecule has 1 aromatic carbocycles. The van der Waals surface area contributed by atoms with Gasteiger partial charge in [0.15, 0.2) is 4.91 Å². The molecule has 0 spiro atoms. The highest BCUT2D eigenvalue weighted by Gasteiger charge is 2.28. The molecule has 0 saturated carbocycles. The Morgan fingerprint density at radius 1 is 1.07 bits per heavy atom. The number of urea groups is 1. The molecule has 0 bridgehead atoms. The summed E-state index contributed by atoms with van der Waals surface area (Å²) >= 11 is 0. The summed E-state index contributed by atoms with van der Waals surface area (Å²) in [5.74, 6) is -1.23. The lowest BCUT2D eigenvalue weighted by molar-refractivity contribution is -0.137. The standard InChI is InChI=1S/C18H20N4O7S/c1-4-29-16(23)13(10-12-8-6-5-7-9-12)30(25,26)22-18(24)21-17-19-14(27-2)11-15(20-17)28-3/h5-11H,4H2,1-3H3,(H2,19,20,21,22,24). The molecule has 2 rings (SSSR count). The summed E-state index contributed by atoms with van der Waals surface area (Å²) in [4.78, 5) is 31.4. The van der Waals surface area contributed by atoms with Crippen molar-refractivity contribution in [2.75, 3.05) is 26.1 Å². The number of amides is 2. The molecule has 0 fully saturated rings. The third-order valence-corrected chi connectivity index (χ3v) is 4.73. The van der Waals surface area contributed by atoms with Crippen molar-refractivity contribution in [3.63, 3.8) is 0 Å². The van der Waals surface area contributed by atoms with Gasteiger partial charge in [-0.25, -0.2) is 22.7 Å². The molecule has 2 N–H and O–H groups in total. The van der Waals surface area contributed by atoms with Crippen LogP contribution < -0.4 is 19.5 Å². The van der Waals surface area contributed by atoms with Crippen LogP contribution in [0.15, 0.2) is 41.3 Å². The van der Waals surface area contributed by atoms with E-state index in [1.165, 1.54) is 27.2 Å². The molecule has 0 aliphatic heterocycles. The molecule has 0 atom stereocenters. The van der Waals surface area contributed by atoms with Crippen LogP contribution in [-0.2, 0) is 19.6 Å². The molecular formula is C18H20N4O7S. The molecule has 0 unspecified atom stereocenters. The van der Waals surface area contributed by atoms with Gasteiger partial charge in [0, 0.05) is 0 Å². The van der Waals surface area contributed by atoms with Crippen LogP contribution in [0.1, 0.15) is 12.5 Å². The fourth-order valence-electron chi connectivity index (χ4n) is 2.12. The van der Waals surface area contributed by atoms with Gasteiger partial charge in [0.05, 0.1) is 26.9 Å². The Labute approximate surface area is 173 Å². The van der Waals surface area contributed by atoms with Gasteiger partial charge < -0.3 is 14.2 Å². The van der Waals surface area contributed by atoms with Crippen LogP contribution in [0.25, 0.3) is 6.08 Å².